The largest absolute Gasteiger partial charge is 0.491 e. The lowest BCUT2D eigenvalue weighted by Crippen LogP contribution is -2.26. The van der Waals surface area contributed by atoms with Crippen LogP contribution in [-0.2, 0) is 9.84 Å². The van der Waals surface area contributed by atoms with E-state index in [9.17, 15) is 8.42 Å². The topological polar surface area (TPSA) is 55.4 Å². The third-order valence-corrected chi connectivity index (χ3v) is 4.98. The van der Waals surface area contributed by atoms with Crippen LogP contribution in [0.2, 0.25) is 0 Å². The molecule has 21 heavy (non-hydrogen) atoms. The van der Waals surface area contributed by atoms with E-state index >= 15 is 0 Å². The van der Waals surface area contributed by atoms with Crippen molar-refractivity contribution < 1.29 is 13.2 Å². The summed E-state index contributed by atoms with van der Waals surface area (Å²) in [6.45, 7) is 5.95. The molecular weight excluding hydrogens is 286 g/mol. The molecule has 0 radical (unpaired) electrons. The molecular formula is C16H27NO3S. The summed E-state index contributed by atoms with van der Waals surface area (Å²) in [5.74, 6) is 1.20. The first-order valence-corrected chi connectivity index (χ1v) is 9.34. The van der Waals surface area contributed by atoms with E-state index in [4.69, 9.17) is 4.74 Å². The van der Waals surface area contributed by atoms with Crippen LogP contribution >= 0.6 is 0 Å². The van der Waals surface area contributed by atoms with Crippen LogP contribution in [-0.4, -0.2) is 33.1 Å². The van der Waals surface area contributed by atoms with E-state index in [2.05, 4.69) is 5.32 Å². The van der Waals surface area contributed by atoms with Crippen LogP contribution in [0, 0.1) is 0 Å². The number of hydrogen-bond donors (Lipinski definition) is 1. The van der Waals surface area contributed by atoms with Crippen molar-refractivity contribution in [2.45, 2.75) is 45.8 Å². The highest BCUT2D eigenvalue weighted by Gasteiger charge is 2.19. The molecule has 0 spiro atoms. The molecule has 0 bridgehead atoms. The fourth-order valence-corrected chi connectivity index (χ4v) is 3.86. The molecule has 0 heterocycles. The zero-order valence-corrected chi connectivity index (χ0v) is 14.2. The predicted octanol–water partition coefficient (Wildman–Crippen LogP) is 2.95. The average molecular weight is 313 g/mol. The lowest BCUT2D eigenvalue weighted by molar-refractivity contribution is 0.242. The second-order valence-electron chi connectivity index (χ2n) is 5.54. The van der Waals surface area contributed by atoms with E-state index < -0.39 is 9.84 Å². The molecule has 0 saturated heterocycles. The maximum atomic E-state index is 12.1. The standard InChI is InChI=1S/C16H27NO3S/c1-5-6-11-21(18,19)12-16(17-4)14-7-9-15(10-8-14)20-13(2)3/h7-10,13,16-17H,5-6,11-12H2,1-4H3. The fourth-order valence-electron chi connectivity index (χ4n) is 2.10. The Morgan fingerprint density at radius 2 is 1.81 bits per heavy atom. The van der Waals surface area contributed by atoms with E-state index in [1.165, 1.54) is 0 Å². The number of nitrogens with one attached hydrogen (secondary N) is 1. The van der Waals surface area contributed by atoms with Crippen molar-refractivity contribution in [2.75, 3.05) is 18.6 Å². The molecule has 120 valence electrons. The number of hydrogen-bond acceptors (Lipinski definition) is 4. The van der Waals surface area contributed by atoms with E-state index in [1.54, 1.807) is 7.05 Å². The molecule has 1 N–H and O–H groups in total. The Labute approximate surface area is 128 Å². The van der Waals surface area contributed by atoms with Gasteiger partial charge < -0.3 is 10.1 Å². The summed E-state index contributed by atoms with van der Waals surface area (Å²) in [6, 6.07) is 7.44. The minimum atomic E-state index is -3.03. The second kappa shape index (κ2) is 8.39. The first kappa shape index (κ1) is 18.0. The van der Waals surface area contributed by atoms with Crippen LogP contribution in [0.15, 0.2) is 24.3 Å². The molecule has 0 aromatic heterocycles. The SMILES string of the molecule is CCCCS(=O)(=O)CC(NC)c1ccc(OC(C)C)cc1. The lowest BCUT2D eigenvalue weighted by atomic mass is 10.1. The second-order valence-corrected chi connectivity index (χ2v) is 7.77. The highest BCUT2D eigenvalue weighted by molar-refractivity contribution is 7.91. The van der Waals surface area contributed by atoms with Crippen molar-refractivity contribution in [3.05, 3.63) is 29.8 Å². The quantitative estimate of drug-likeness (QED) is 0.761. The smallest absolute Gasteiger partial charge is 0.152 e. The minimum Gasteiger partial charge on any atom is -0.491 e. The maximum absolute atomic E-state index is 12.1. The van der Waals surface area contributed by atoms with E-state index in [-0.39, 0.29) is 23.7 Å². The molecule has 5 heteroatoms. The third kappa shape index (κ3) is 6.48. The average Bonchev–Trinajstić information content (AvgIpc) is 2.43. The summed E-state index contributed by atoms with van der Waals surface area (Å²) in [6.07, 6.45) is 1.75. The first-order chi connectivity index (χ1) is 9.88. The maximum Gasteiger partial charge on any atom is 0.152 e. The molecule has 0 aliphatic rings. The highest BCUT2D eigenvalue weighted by atomic mass is 32.2. The third-order valence-electron chi connectivity index (χ3n) is 3.23. The molecule has 0 amide bonds. The summed E-state index contributed by atoms with van der Waals surface area (Å²) >= 11 is 0. The van der Waals surface area contributed by atoms with Gasteiger partial charge in [0.25, 0.3) is 0 Å². The van der Waals surface area contributed by atoms with Crippen LogP contribution in [0.3, 0.4) is 0 Å². The van der Waals surface area contributed by atoms with Gasteiger partial charge in [-0.3, -0.25) is 0 Å². The summed E-state index contributed by atoms with van der Waals surface area (Å²) in [4.78, 5) is 0. The number of benzene rings is 1. The Bertz CT molecular complexity index is 509. The fraction of sp³-hybridized carbons (Fsp3) is 0.625. The van der Waals surface area contributed by atoms with Gasteiger partial charge in [0, 0.05) is 6.04 Å². The van der Waals surface area contributed by atoms with Gasteiger partial charge in [-0.2, -0.15) is 0 Å². The van der Waals surface area contributed by atoms with Crippen molar-refractivity contribution in [1.82, 2.24) is 5.32 Å². The van der Waals surface area contributed by atoms with Crippen molar-refractivity contribution in [1.29, 1.82) is 0 Å². The Balaban J connectivity index is 2.76. The zero-order chi connectivity index (χ0) is 15.9. The van der Waals surface area contributed by atoms with E-state index in [1.807, 2.05) is 45.0 Å². The van der Waals surface area contributed by atoms with Crippen molar-refractivity contribution in [2.24, 2.45) is 0 Å². The molecule has 0 aliphatic heterocycles. The van der Waals surface area contributed by atoms with Gasteiger partial charge in [-0.15, -0.1) is 0 Å². The molecule has 1 atom stereocenters. The molecule has 1 unspecified atom stereocenters. The monoisotopic (exact) mass is 313 g/mol. The van der Waals surface area contributed by atoms with Crippen LogP contribution < -0.4 is 10.1 Å². The summed E-state index contributed by atoms with van der Waals surface area (Å²) in [5, 5.41) is 3.09. The number of sulfone groups is 1. The van der Waals surface area contributed by atoms with E-state index in [0.29, 0.717) is 0 Å². The molecule has 1 rings (SSSR count). The van der Waals surface area contributed by atoms with Crippen molar-refractivity contribution in [3.63, 3.8) is 0 Å². The minimum absolute atomic E-state index is 0.130. The van der Waals surface area contributed by atoms with Gasteiger partial charge in [0.15, 0.2) is 9.84 Å². The summed E-state index contributed by atoms with van der Waals surface area (Å²) in [5.41, 5.74) is 0.966. The van der Waals surface area contributed by atoms with Gasteiger partial charge in [0.1, 0.15) is 5.75 Å². The molecule has 0 fully saturated rings. The number of ether oxygens (including phenoxy) is 1. The highest BCUT2D eigenvalue weighted by Crippen LogP contribution is 2.20. The Morgan fingerprint density at radius 1 is 1.19 bits per heavy atom. The zero-order valence-electron chi connectivity index (χ0n) is 13.4. The normalized spacial score (nSPS) is 13.4. The van der Waals surface area contributed by atoms with Gasteiger partial charge in [0.05, 0.1) is 17.6 Å². The van der Waals surface area contributed by atoms with Crippen LogP contribution in [0.5, 0.6) is 5.75 Å². The first-order valence-electron chi connectivity index (χ1n) is 7.52. The summed E-state index contributed by atoms with van der Waals surface area (Å²) < 4.78 is 29.8. The predicted molar refractivity (Wildman–Crippen MR) is 87.6 cm³/mol. The van der Waals surface area contributed by atoms with Gasteiger partial charge in [0.2, 0.25) is 0 Å². The summed E-state index contributed by atoms with van der Waals surface area (Å²) in [7, 11) is -1.24. The van der Waals surface area contributed by atoms with Gasteiger partial charge in [-0.05, 0) is 45.0 Å². The van der Waals surface area contributed by atoms with Crippen molar-refractivity contribution in [3.8, 4) is 5.75 Å². The van der Waals surface area contributed by atoms with Crippen molar-refractivity contribution >= 4 is 9.84 Å². The Morgan fingerprint density at radius 3 is 2.29 bits per heavy atom. The number of unbranched alkanes of at least 4 members (excludes halogenated alkanes) is 1. The van der Waals surface area contributed by atoms with Crippen LogP contribution in [0.25, 0.3) is 0 Å². The molecule has 0 saturated carbocycles. The van der Waals surface area contributed by atoms with Crippen LogP contribution in [0.1, 0.15) is 45.2 Å². The van der Waals surface area contributed by atoms with Crippen LogP contribution in [0.4, 0.5) is 0 Å². The van der Waals surface area contributed by atoms with E-state index in [0.717, 1.165) is 24.2 Å². The Hall–Kier alpha value is -1.07. The van der Waals surface area contributed by atoms with Gasteiger partial charge in [-0.25, -0.2) is 8.42 Å². The Kier molecular flexibility index (Phi) is 7.18. The molecule has 1 aromatic carbocycles. The van der Waals surface area contributed by atoms with Gasteiger partial charge in [-0.1, -0.05) is 25.5 Å². The van der Waals surface area contributed by atoms with Gasteiger partial charge >= 0.3 is 0 Å². The molecule has 0 aliphatic carbocycles. The lowest BCUT2D eigenvalue weighted by Gasteiger charge is -2.18. The number of rotatable bonds is 9. The molecule has 1 aromatic rings. The molecule has 4 nitrogen and oxygen atoms in total.